The molecule has 0 bridgehead atoms. The van der Waals surface area contributed by atoms with Crippen LogP contribution in [-0.2, 0) is 4.79 Å². The lowest BCUT2D eigenvalue weighted by Crippen LogP contribution is -2.51. The fraction of sp³-hybridized carbons (Fsp3) is 0.278. The van der Waals surface area contributed by atoms with Gasteiger partial charge in [0.05, 0.1) is 11.1 Å². The predicted molar refractivity (Wildman–Crippen MR) is 95.0 cm³/mol. The van der Waals surface area contributed by atoms with Crippen molar-refractivity contribution in [1.82, 2.24) is 16.2 Å². The molecule has 3 atom stereocenters. The highest BCUT2D eigenvalue weighted by Gasteiger charge is 2.32. The van der Waals surface area contributed by atoms with E-state index in [1.165, 1.54) is 12.1 Å². The van der Waals surface area contributed by atoms with E-state index in [0.717, 1.165) is 5.56 Å². The number of ether oxygens (including phenoxy) is 2. The molecule has 9 heteroatoms. The Balaban J connectivity index is 1.35. The highest BCUT2D eigenvalue weighted by molar-refractivity contribution is 5.82. The molecule has 1 fully saturated rings. The average molecular weight is 370 g/mol. The molecule has 2 aromatic carbocycles. The number of nitrogens with one attached hydrogen (secondary N) is 3. The molecular weight excluding hydrogens is 352 g/mol. The molecule has 140 valence electrons. The van der Waals surface area contributed by atoms with E-state index in [4.69, 9.17) is 9.47 Å². The fourth-order valence-electron chi connectivity index (χ4n) is 3.14. The highest BCUT2D eigenvalue weighted by atomic mass is 16.6. The number of hydrogen-bond donors (Lipinski definition) is 3. The van der Waals surface area contributed by atoms with Crippen LogP contribution in [0.4, 0.5) is 5.69 Å². The Hall–Kier alpha value is -3.17. The molecule has 0 radical (unpaired) electrons. The molecule has 2 aliphatic heterocycles. The second kappa shape index (κ2) is 7.22. The summed E-state index contributed by atoms with van der Waals surface area (Å²) < 4.78 is 11.3. The highest BCUT2D eigenvalue weighted by Crippen LogP contribution is 2.31. The molecule has 0 spiro atoms. The molecule has 3 unspecified atom stereocenters. The van der Waals surface area contributed by atoms with Gasteiger partial charge in [0.1, 0.15) is 6.61 Å². The van der Waals surface area contributed by atoms with Crippen molar-refractivity contribution >= 4 is 11.6 Å². The van der Waals surface area contributed by atoms with Gasteiger partial charge >= 0.3 is 0 Å². The molecule has 2 heterocycles. The van der Waals surface area contributed by atoms with Crippen molar-refractivity contribution in [3.05, 3.63) is 64.2 Å². The van der Waals surface area contributed by atoms with Gasteiger partial charge in [-0.1, -0.05) is 24.3 Å². The van der Waals surface area contributed by atoms with E-state index < -0.39 is 11.0 Å². The van der Waals surface area contributed by atoms with Gasteiger partial charge in [0.2, 0.25) is 6.10 Å². The summed E-state index contributed by atoms with van der Waals surface area (Å²) in [7, 11) is 0. The van der Waals surface area contributed by atoms with Crippen molar-refractivity contribution in [2.45, 2.75) is 24.7 Å². The number of carbonyl (C=O) groups excluding carboxylic acids is 1. The number of benzene rings is 2. The van der Waals surface area contributed by atoms with Crippen LogP contribution >= 0.6 is 0 Å². The molecule has 0 aliphatic carbocycles. The molecule has 4 rings (SSSR count). The van der Waals surface area contributed by atoms with Crippen molar-refractivity contribution in [1.29, 1.82) is 0 Å². The van der Waals surface area contributed by atoms with Gasteiger partial charge in [-0.25, -0.2) is 10.9 Å². The first-order valence-electron chi connectivity index (χ1n) is 8.54. The number of rotatable bonds is 4. The van der Waals surface area contributed by atoms with Crippen LogP contribution in [-0.4, -0.2) is 29.7 Å². The number of non-ortho nitro benzene ring substituents is 1. The van der Waals surface area contributed by atoms with Gasteiger partial charge in [-0.05, 0) is 17.7 Å². The molecule has 9 nitrogen and oxygen atoms in total. The largest absolute Gasteiger partial charge is 0.485 e. The van der Waals surface area contributed by atoms with E-state index in [9.17, 15) is 14.9 Å². The summed E-state index contributed by atoms with van der Waals surface area (Å²) in [6.45, 7) is 0.136. The summed E-state index contributed by atoms with van der Waals surface area (Å²) in [5.41, 5.74) is 6.86. The Labute approximate surface area is 154 Å². The third-order valence-corrected chi connectivity index (χ3v) is 4.50. The van der Waals surface area contributed by atoms with Crippen LogP contribution in [0.5, 0.6) is 11.5 Å². The number of para-hydroxylation sites is 2. The van der Waals surface area contributed by atoms with Crippen LogP contribution in [0.2, 0.25) is 0 Å². The van der Waals surface area contributed by atoms with Gasteiger partial charge in [-0.2, -0.15) is 0 Å². The van der Waals surface area contributed by atoms with Crippen LogP contribution in [0.25, 0.3) is 0 Å². The van der Waals surface area contributed by atoms with Crippen molar-refractivity contribution in [3.8, 4) is 11.5 Å². The van der Waals surface area contributed by atoms with E-state index in [-0.39, 0.29) is 30.4 Å². The van der Waals surface area contributed by atoms with E-state index in [0.29, 0.717) is 17.9 Å². The Kier molecular flexibility index (Phi) is 4.61. The van der Waals surface area contributed by atoms with Crippen LogP contribution in [0.1, 0.15) is 18.0 Å². The van der Waals surface area contributed by atoms with Gasteiger partial charge < -0.3 is 14.8 Å². The topological polar surface area (TPSA) is 115 Å². The van der Waals surface area contributed by atoms with Gasteiger partial charge in [0.25, 0.3) is 11.6 Å². The molecule has 1 saturated heterocycles. The van der Waals surface area contributed by atoms with Crippen molar-refractivity contribution in [2.75, 3.05) is 6.61 Å². The first-order chi connectivity index (χ1) is 13.1. The zero-order valence-electron chi connectivity index (χ0n) is 14.3. The number of nitro benzene ring substituents is 1. The lowest BCUT2D eigenvalue weighted by Gasteiger charge is -2.26. The number of nitrogens with zero attached hydrogens (tertiary/aromatic N) is 1. The minimum absolute atomic E-state index is 0.0354. The third-order valence-electron chi connectivity index (χ3n) is 4.50. The Morgan fingerprint density at radius 1 is 1.15 bits per heavy atom. The van der Waals surface area contributed by atoms with E-state index in [1.807, 2.05) is 18.2 Å². The SMILES string of the molecule is O=C(NC1CC(c2cccc([N+](=O)[O-])c2)NN1)C1COc2ccccc2O1. The van der Waals surface area contributed by atoms with Gasteiger partial charge in [0, 0.05) is 24.6 Å². The van der Waals surface area contributed by atoms with Crippen LogP contribution < -0.4 is 25.6 Å². The van der Waals surface area contributed by atoms with E-state index in [1.54, 1.807) is 18.2 Å². The molecular formula is C18H18N4O5. The second-order valence-electron chi connectivity index (χ2n) is 6.35. The van der Waals surface area contributed by atoms with Crippen LogP contribution in [0.15, 0.2) is 48.5 Å². The van der Waals surface area contributed by atoms with Crippen molar-refractivity contribution in [2.24, 2.45) is 0 Å². The molecule has 1 amide bonds. The number of hydrazine groups is 1. The summed E-state index contributed by atoms with van der Waals surface area (Å²) >= 11 is 0. The second-order valence-corrected chi connectivity index (χ2v) is 6.35. The molecule has 2 aromatic rings. The zero-order valence-corrected chi connectivity index (χ0v) is 14.3. The first kappa shape index (κ1) is 17.3. The number of nitro groups is 1. The maximum absolute atomic E-state index is 12.5. The van der Waals surface area contributed by atoms with Crippen LogP contribution in [0, 0.1) is 10.1 Å². The summed E-state index contributed by atoms with van der Waals surface area (Å²) in [5, 5.41) is 13.8. The summed E-state index contributed by atoms with van der Waals surface area (Å²) in [6, 6.07) is 13.5. The summed E-state index contributed by atoms with van der Waals surface area (Å²) in [6.07, 6.45) is -0.530. The van der Waals surface area contributed by atoms with Crippen molar-refractivity contribution in [3.63, 3.8) is 0 Å². The third kappa shape index (κ3) is 3.69. The van der Waals surface area contributed by atoms with E-state index >= 15 is 0 Å². The smallest absolute Gasteiger partial charge is 0.269 e. The summed E-state index contributed by atoms with van der Waals surface area (Å²) in [4.78, 5) is 23.0. The lowest BCUT2D eigenvalue weighted by molar-refractivity contribution is -0.384. The molecule has 2 aliphatic rings. The Bertz CT molecular complexity index is 874. The van der Waals surface area contributed by atoms with Crippen LogP contribution in [0.3, 0.4) is 0 Å². The maximum Gasteiger partial charge on any atom is 0.269 e. The number of carbonyl (C=O) groups is 1. The minimum Gasteiger partial charge on any atom is -0.485 e. The molecule has 0 aromatic heterocycles. The first-order valence-corrected chi connectivity index (χ1v) is 8.54. The van der Waals surface area contributed by atoms with Crippen molar-refractivity contribution < 1.29 is 19.2 Å². The molecule has 0 saturated carbocycles. The molecule has 27 heavy (non-hydrogen) atoms. The number of hydrogen-bond acceptors (Lipinski definition) is 7. The quantitative estimate of drug-likeness (QED) is 0.551. The zero-order chi connectivity index (χ0) is 18.8. The minimum atomic E-state index is -0.737. The fourth-order valence-corrected chi connectivity index (χ4v) is 3.14. The monoisotopic (exact) mass is 370 g/mol. The lowest BCUT2D eigenvalue weighted by atomic mass is 10.0. The van der Waals surface area contributed by atoms with Gasteiger partial charge in [-0.15, -0.1) is 0 Å². The number of amides is 1. The number of fused-ring (bicyclic) bond motifs is 1. The standard InChI is InChI=1S/C18H18N4O5/c23-18(16-10-26-14-6-1-2-7-15(14)27-16)19-17-9-13(20-21-17)11-4-3-5-12(8-11)22(24)25/h1-8,13,16-17,20-21H,9-10H2,(H,19,23). The Morgan fingerprint density at radius 3 is 2.78 bits per heavy atom. The maximum atomic E-state index is 12.5. The normalized spacial score (nSPS) is 23.6. The Morgan fingerprint density at radius 2 is 1.96 bits per heavy atom. The molecule has 3 N–H and O–H groups in total. The van der Waals surface area contributed by atoms with E-state index in [2.05, 4.69) is 16.2 Å². The predicted octanol–water partition coefficient (Wildman–Crippen LogP) is 1.42. The van der Waals surface area contributed by atoms with Gasteiger partial charge in [0.15, 0.2) is 11.5 Å². The summed E-state index contributed by atoms with van der Waals surface area (Å²) in [5.74, 6) is 0.868. The average Bonchev–Trinajstić information content (AvgIpc) is 3.16. The van der Waals surface area contributed by atoms with Gasteiger partial charge in [-0.3, -0.25) is 14.9 Å².